The molecule has 2 unspecified atom stereocenters. The van der Waals surface area contributed by atoms with Crippen LogP contribution in [0.3, 0.4) is 0 Å². The molecule has 1 fully saturated rings. The van der Waals surface area contributed by atoms with Crippen LogP contribution < -0.4 is 14.2 Å². The van der Waals surface area contributed by atoms with E-state index in [1.807, 2.05) is 0 Å². The topological polar surface area (TPSA) is 84.9 Å². The number of hydrogen-bond acceptors (Lipinski definition) is 5. The molecule has 0 aliphatic heterocycles. The number of ether oxygens (including phenoxy) is 2. The lowest BCUT2D eigenvalue weighted by atomic mass is 10.1. The van der Waals surface area contributed by atoms with Crippen molar-refractivity contribution in [3.05, 3.63) is 18.2 Å². The van der Waals surface area contributed by atoms with Crippen LogP contribution in [0.5, 0.6) is 11.5 Å². The average Bonchev–Trinajstić information content (AvgIpc) is 2.92. The van der Waals surface area contributed by atoms with Gasteiger partial charge in [-0.1, -0.05) is 6.42 Å². The second-order valence-electron chi connectivity index (χ2n) is 5.12. The molecular weight excluding hydrogens is 294 g/mol. The first kappa shape index (κ1) is 16.1. The molecule has 1 aromatic rings. The van der Waals surface area contributed by atoms with Crippen LogP contribution in [0.2, 0.25) is 0 Å². The molecule has 118 valence electrons. The Hall–Kier alpha value is -1.31. The SMILES string of the molecule is COc1ccc(S(=O)(=O)NC2CCCC2CO)cc1OC. The lowest BCUT2D eigenvalue weighted by molar-refractivity contribution is 0.213. The fourth-order valence-electron chi connectivity index (χ4n) is 2.66. The van der Waals surface area contributed by atoms with Crippen molar-refractivity contribution in [1.29, 1.82) is 0 Å². The minimum Gasteiger partial charge on any atom is -0.493 e. The highest BCUT2D eigenvalue weighted by atomic mass is 32.2. The van der Waals surface area contributed by atoms with Crippen molar-refractivity contribution in [2.75, 3.05) is 20.8 Å². The van der Waals surface area contributed by atoms with Gasteiger partial charge in [-0.3, -0.25) is 0 Å². The van der Waals surface area contributed by atoms with Gasteiger partial charge in [0.1, 0.15) is 0 Å². The van der Waals surface area contributed by atoms with E-state index < -0.39 is 10.0 Å². The van der Waals surface area contributed by atoms with Gasteiger partial charge in [0.25, 0.3) is 0 Å². The van der Waals surface area contributed by atoms with E-state index >= 15 is 0 Å². The third kappa shape index (κ3) is 3.48. The van der Waals surface area contributed by atoms with Crippen LogP contribution in [-0.4, -0.2) is 40.4 Å². The van der Waals surface area contributed by atoms with Gasteiger partial charge in [0.2, 0.25) is 10.0 Å². The fraction of sp³-hybridized carbons (Fsp3) is 0.571. The maximum atomic E-state index is 12.4. The fourth-order valence-corrected chi connectivity index (χ4v) is 4.02. The summed E-state index contributed by atoms with van der Waals surface area (Å²) >= 11 is 0. The quantitative estimate of drug-likeness (QED) is 0.822. The van der Waals surface area contributed by atoms with Crippen LogP contribution in [0.1, 0.15) is 19.3 Å². The van der Waals surface area contributed by atoms with Gasteiger partial charge < -0.3 is 14.6 Å². The lowest BCUT2D eigenvalue weighted by Gasteiger charge is -2.19. The number of sulfonamides is 1. The van der Waals surface area contributed by atoms with E-state index in [0.717, 1.165) is 19.3 Å². The highest BCUT2D eigenvalue weighted by Crippen LogP contribution is 2.31. The predicted octanol–water partition coefficient (Wildman–Crippen LogP) is 1.14. The summed E-state index contributed by atoms with van der Waals surface area (Å²) in [5.74, 6) is 0.830. The Bertz CT molecular complexity index is 587. The standard InChI is InChI=1S/C14H21NO5S/c1-19-13-7-6-11(8-14(13)20-2)21(17,18)15-12-5-3-4-10(12)9-16/h6-8,10,12,15-16H,3-5,9H2,1-2H3. The zero-order valence-electron chi connectivity index (χ0n) is 12.2. The van der Waals surface area contributed by atoms with Gasteiger partial charge in [-0.25, -0.2) is 13.1 Å². The molecule has 2 atom stereocenters. The van der Waals surface area contributed by atoms with E-state index in [-0.39, 0.29) is 23.5 Å². The summed E-state index contributed by atoms with van der Waals surface area (Å²) in [6, 6.07) is 4.26. The van der Waals surface area contributed by atoms with E-state index in [4.69, 9.17) is 9.47 Å². The Morgan fingerprint density at radius 3 is 2.57 bits per heavy atom. The summed E-state index contributed by atoms with van der Waals surface area (Å²) in [5.41, 5.74) is 0. The number of benzene rings is 1. The summed E-state index contributed by atoms with van der Waals surface area (Å²) < 4.78 is 37.8. The van der Waals surface area contributed by atoms with Crippen molar-refractivity contribution < 1.29 is 23.0 Å². The molecule has 7 heteroatoms. The predicted molar refractivity (Wildman–Crippen MR) is 78.1 cm³/mol. The van der Waals surface area contributed by atoms with Gasteiger partial charge in [0.05, 0.1) is 19.1 Å². The van der Waals surface area contributed by atoms with Gasteiger partial charge in [0, 0.05) is 18.7 Å². The van der Waals surface area contributed by atoms with Gasteiger partial charge >= 0.3 is 0 Å². The second kappa shape index (κ2) is 6.64. The third-order valence-electron chi connectivity index (χ3n) is 3.87. The minimum atomic E-state index is -3.64. The van der Waals surface area contributed by atoms with Crippen LogP contribution in [0.4, 0.5) is 0 Å². The largest absolute Gasteiger partial charge is 0.493 e. The zero-order valence-corrected chi connectivity index (χ0v) is 13.0. The average molecular weight is 315 g/mol. The molecular formula is C14H21NO5S. The van der Waals surface area contributed by atoms with Gasteiger partial charge in [0.15, 0.2) is 11.5 Å². The highest BCUT2D eigenvalue weighted by Gasteiger charge is 2.31. The van der Waals surface area contributed by atoms with Crippen molar-refractivity contribution in [3.8, 4) is 11.5 Å². The molecule has 0 heterocycles. The Balaban J connectivity index is 2.23. The van der Waals surface area contributed by atoms with Crippen LogP contribution in [-0.2, 0) is 10.0 Å². The summed E-state index contributed by atoms with van der Waals surface area (Å²) in [6.45, 7) is -0.000873. The second-order valence-corrected chi connectivity index (χ2v) is 6.83. The summed E-state index contributed by atoms with van der Waals surface area (Å²) in [4.78, 5) is 0.128. The van der Waals surface area contributed by atoms with Crippen LogP contribution in [0.15, 0.2) is 23.1 Å². The van der Waals surface area contributed by atoms with Crippen LogP contribution >= 0.6 is 0 Å². The molecule has 0 amide bonds. The molecule has 1 aliphatic carbocycles. The molecule has 0 bridgehead atoms. The molecule has 0 radical (unpaired) electrons. The Morgan fingerprint density at radius 2 is 1.95 bits per heavy atom. The van der Waals surface area contributed by atoms with Crippen molar-refractivity contribution >= 4 is 10.0 Å². The first-order valence-corrected chi connectivity index (χ1v) is 8.35. The molecule has 0 aromatic heterocycles. The highest BCUT2D eigenvalue weighted by molar-refractivity contribution is 7.89. The normalized spacial score (nSPS) is 22.2. The number of aliphatic hydroxyl groups is 1. The van der Waals surface area contributed by atoms with E-state index in [1.54, 1.807) is 6.07 Å². The molecule has 6 nitrogen and oxygen atoms in total. The van der Waals surface area contributed by atoms with Crippen molar-refractivity contribution in [2.24, 2.45) is 5.92 Å². The van der Waals surface area contributed by atoms with E-state index in [2.05, 4.69) is 4.72 Å². The van der Waals surface area contributed by atoms with Gasteiger partial charge in [-0.05, 0) is 30.9 Å². The zero-order chi connectivity index (χ0) is 15.5. The van der Waals surface area contributed by atoms with Crippen molar-refractivity contribution in [2.45, 2.75) is 30.2 Å². The Morgan fingerprint density at radius 1 is 1.24 bits per heavy atom. The molecule has 1 saturated carbocycles. The number of methoxy groups -OCH3 is 2. The minimum absolute atomic E-state index is 0.000873. The molecule has 1 aliphatic rings. The van der Waals surface area contributed by atoms with Crippen LogP contribution in [0.25, 0.3) is 0 Å². The number of nitrogens with one attached hydrogen (secondary N) is 1. The Labute approximate surface area is 125 Å². The molecule has 1 aromatic carbocycles. The molecule has 2 N–H and O–H groups in total. The monoisotopic (exact) mass is 315 g/mol. The van der Waals surface area contributed by atoms with Crippen molar-refractivity contribution in [1.82, 2.24) is 4.72 Å². The summed E-state index contributed by atoms with van der Waals surface area (Å²) in [5, 5.41) is 9.28. The third-order valence-corrected chi connectivity index (χ3v) is 5.35. The first-order chi connectivity index (χ1) is 10.0. The smallest absolute Gasteiger partial charge is 0.240 e. The summed E-state index contributed by atoms with van der Waals surface area (Å²) in [6.07, 6.45) is 2.51. The molecule has 2 rings (SSSR count). The molecule has 0 saturated heterocycles. The maximum absolute atomic E-state index is 12.4. The maximum Gasteiger partial charge on any atom is 0.240 e. The van der Waals surface area contributed by atoms with E-state index in [9.17, 15) is 13.5 Å². The van der Waals surface area contributed by atoms with Gasteiger partial charge in [-0.15, -0.1) is 0 Å². The van der Waals surface area contributed by atoms with E-state index in [0.29, 0.717) is 11.5 Å². The van der Waals surface area contributed by atoms with Crippen molar-refractivity contribution in [3.63, 3.8) is 0 Å². The first-order valence-electron chi connectivity index (χ1n) is 6.87. The number of aliphatic hydroxyl groups excluding tert-OH is 1. The number of hydrogen-bond donors (Lipinski definition) is 2. The lowest BCUT2D eigenvalue weighted by Crippen LogP contribution is -2.38. The molecule has 21 heavy (non-hydrogen) atoms. The van der Waals surface area contributed by atoms with Crippen LogP contribution in [0, 0.1) is 5.92 Å². The molecule has 0 spiro atoms. The van der Waals surface area contributed by atoms with E-state index in [1.165, 1.54) is 26.4 Å². The Kier molecular flexibility index (Phi) is 5.08. The van der Waals surface area contributed by atoms with Gasteiger partial charge in [-0.2, -0.15) is 0 Å². The number of rotatable bonds is 6. The summed E-state index contributed by atoms with van der Waals surface area (Å²) in [7, 11) is -0.687.